The summed E-state index contributed by atoms with van der Waals surface area (Å²) in [5.41, 5.74) is -1.33. The third-order valence-electron chi connectivity index (χ3n) is 4.71. The van der Waals surface area contributed by atoms with Crippen LogP contribution in [0.4, 0.5) is 4.79 Å². The van der Waals surface area contributed by atoms with E-state index in [0.29, 0.717) is 0 Å². The number of hydrogen-bond acceptors (Lipinski definition) is 6. The normalized spacial score (nSPS) is 25.1. The number of likely N-dealkylation sites (tertiary alicyclic amines) is 1. The van der Waals surface area contributed by atoms with Crippen molar-refractivity contribution in [3.05, 3.63) is 12.7 Å². The quantitative estimate of drug-likeness (QED) is 0.392. The van der Waals surface area contributed by atoms with Crippen molar-refractivity contribution < 1.29 is 26.6 Å². The molecule has 0 aromatic carbocycles. The van der Waals surface area contributed by atoms with E-state index in [-0.39, 0.29) is 30.7 Å². The van der Waals surface area contributed by atoms with Crippen LogP contribution in [0.3, 0.4) is 0 Å². The van der Waals surface area contributed by atoms with Gasteiger partial charge in [0.1, 0.15) is 6.61 Å². The second-order valence-electron chi connectivity index (χ2n) is 8.14. The van der Waals surface area contributed by atoms with Crippen molar-refractivity contribution >= 4 is 24.5 Å². The number of carbonyl (C=O) groups is 1. The number of amides is 1. The van der Waals surface area contributed by atoms with Gasteiger partial charge in [-0.15, -0.1) is 0 Å². The maximum absolute atomic E-state index is 12.4. The fourth-order valence-electron chi connectivity index (χ4n) is 2.55. The van der Waals surface area contributed by atoms with Crippen molar-refractivity contribution in [2.75, 3.05) is 19.4 Å². The van der Waals surface area contributed by atoms with E-state index in [9.17, 15) is 13.2 Å². The lowest BCUT2D eigenvalue weighted by atomic mass is 10.2. The van der Waals surface area contributed by atoms with Gasteiger partial charge in [-0.05, 0) is 25.1 Å². The fourth-order valence-corrected chi connectivity index (χ4v) is 4.70. The molecule has 0 unspecified atom stereocenters. The van der Waals surface area contributed by atoms with Crippen LogP contribution < -0.4 is 0 Å². The predicted molar refractivity (Wildman–Crippen MR) is 99.3 cm³/mol. The molecular weight excluding hydrogens is 362 g/mol. The molecule has 1 saturated heterocycles. The van der Waals surface area contributed by atoms with Gasteiger partial charge in [-0.25, -0.2) is 8.98 Å². The zero-order valence-electron chi connectivity index (χ0n) is 16.3. The number of carbonyl (C=O) groups excluding carboxylic acids is 1. The van der Waals surface area contributed by atoms with Gasteiger partial charge in [0.2, 0.25) is 0 Å². The summed E-state index contributed by atoms with van der Waals surface area (Å²) < 4.78 is 40.0. The Morgan fingerprint density at radius 2 is 1.96 bits per heavy atom. The van der Waals surface area contributed by atoms with Crippen LogP contribution in [0.15, 0.2) is 12.7 Å². The van der Waals surface area contributed by atoms with Crippen LogP contribution in [0.5, 0.6) is 0 Å². The average molecular weight is 394 g/mol. The molecule has 0 spiro atoms. The van der Waals surface area contributed by atoms with Crippen LogP contribution in [0.1, 0.15) is 34.1 Å². The molecular formula is C16H31NO6SSi. The Morgan fingerprint density at radius 3 is 2.40 bits per heavy atom. The van der Waals surface area contributed by atoms with Crippen LogP contribution >= 0.6 is 0 Å². The van der Waals surface area contributed by atoms with Crippen molar-refractivity contribution in [3.63, 3.8) is 0 Å². The minimum absolute atomic E-state index is 0.00212. The Morgan fingerprint density at radius 1 is 1.40 bits per heavy atom. The smallest absolute Gasteiger partial charge is 0.412 e. The molecule has 0 saturated carbocycles. The lowest BCUT2D eigenvalue weighted by Crippen LogP contribution is -2.48. The molecule has 0 aliphatic carbocycles. The summed E-state index contributed by atoms with van der Waals surface area (Å²) in [7, 11) is -5.84. The van der Waals surface area contributed by atoms with Crippen LogP contribution in [0.2, 0.25) is 18.1 Å². The highest BCUT2D eigenvalue weighted by Crippen LogP contribution is 2.41. The molecule has 0 bridgehead atoms. The zero-order valence-corrected chi connectivity index (χ0v) is 18.1. The van der Waals surface area contributed by atoms with Crippen molar-refractivity contribution in [1.82, 2.24) is 4.90 Å². The Labute approximate surface area is 152 Å². The first kappa shape index (κ1) is 22.1. The maximum Gasteiger partial charge on any atom is 0.412 e. The SMILES string of the molecule is C=CCOC(=O)N1C[C@H](O[Si](C)(C)C(C)(C)C)C[C@]1(C)OS(C)(=O)=O. The molecule has 1 aliphatic rings. The summed E-state index contributed by atoms with van der Waals surface area (Å²) in [6.45, 7) is 15.9. The van der Waals surface area contributed by atoms with E-state index in [2.05, 4.69) is 40.4 Å². The number of nitrogens with zero attached hydrogens (tertiary/aromatic N) is 1. The van der Waals surface area contributed by atoms with Crippen LogP contribution in [-0.4, -0.2) is 59.0 Å². The summed E-state index contributed by atoms with van der Waals surface area (Å²) in [4.78, 5) is 13.6. The number of rotatable bonds is 6. The summed E-state index contributed by atoms with van der Waals surface area (Å²) in [5.74, 6) is 0. The van der Waals surface area contributed by atoms with E-state index < -0.39 is 30.3 Å². The zero-order chi connectivity index (χ0) is 19.7. The van der Waals surface area contributed by atoms with Crippen molar-refractivity contribution in [2.45, 2.75) is 64.1 Å². The molecule has 0 N–H and O–H groups in total. The summed E-state index contributed by atoms with van der Waals surface area (Å²) >= 11 is 0. The third kappa shape index (κ3) is 5.80. The monoisotopic (exact) mass is 393 g/mol. The van der Waals surface area contributed by atoms with Gasteiger partial charge in [0.25, 0.3) is 10.1 Å². The molecule has 1 amide bonds. The molecule has 9 heteroatoms. The second-order valence-corrected chi connectivity index (χ2v) is 14.5. The van der Waals surface area contributed by atoms with Crippen molar-refractivity contribution in [1.29, 1.82) is 0 Å². The molecule has 1 fully saturated rings. The van der Waals surface area contributed by atoms with Crippen molar-refractivity contribution in [3.8, 4) is 0 Å². The van der Waals surface area contributed by atoms with Gasteiger partial charge < -0.3 is 9.16 Å². The largest absolute Gasteiger partial charge is 0.445 e. The molecule has 1 heterocycles. The van der Waals surface area contributed by atoms with E-state index in [1.165, 1.54) is 11.0 Å². The first-order chi connectivity index (χ1) is 11.1. The van der Waals surface area contributed by atoms with Crippen LogP contribution in [-0.2, 0) is 23.5 Å². The fraction of sp³-hybridized carbons (Fsp3) is 0.812. The highest BCUT2D eigenvalue weighted by molar-refractivity contribution is 7.86. The minimum Gasteiger partial charge on any atom is -0.445 e. The summed E-state index contributed by atoms with van der Waals surface area (Å²) in [5, 5.41) is -0.00212. The molecule has 0 radical (unpaired) electrons. The van der Waals surface area contributed by atoms with Gasteiger partial charge in [0, 0.05) is 6.42 Å². The van der Waals surface area contributed by atoms with Gasteiger partial charge in [0.15, 0.2) is 14.0 Å². The lowest BCUT2D eigenvalue weighted by molar-refractivity contribution is -0.0289. The topological polar surface area (TPSA) is 82.1 Å². The Kier molecular flexibility index (Phi) is 6.53. The van der Waals surface area contributed by atoms with Crippen molar-refractivity contribution in [2.24, 2.45) is 0 Å². The maximum atomic E-state index is 12.4. The highest BCUT2D eigenvalue weighted by Gasteiger charge is 2.51. The first-order valence-electron chi connectivity index (χ1n) is 8.25. The number of hydrogen-bond donors (Lipinski definition) is 0. The summed E-state index contributed by atoms with van der Waals surface area (Å²) in [6.07, 6.45) is 1.71. The Bertz CT molecular complexity index is 613. The lowest BCUT2D eigenvalue weighted by Gasteiger charge is -2.38. The number of ether oxygens (including phenoxy) is 1. The van der Waals surface area contributed by atoms with Gasteiger partial charge in [-0.1, -0.05) is 33.4 Å². The second kappa shape index (κ2) is 7.38. The molecule has 7 nitrogen and oxygen atoms in total. The third-order valence-corrected chi connectivity index (χ3v) is 9.90. The van der Waals surface area contributed by atoms with E-state index in [4.69, 9.17) is 13.3 Å². The average Bonchev–Trinajstić information content (AvgIpc) is 2.67. The summed E-state index contributed by atoms with van der Waals surface area (Å²) in [6, 6.07) is 0. The van der Waals surface area contributed by atoms with Gasteiger partial charge in [-0.2, -0.15) is 8.42 Å². The van der Waals surface area contributed by atoms with Gasteiger partial charge in [-0.3, -0.25) is 4.90 Å². The van der Waals surface area contributed by atoms with E-state index in [1.54, 1.807) is 6.92 Å². The molecule has 25 heavy (non-hydrogen) atoms. The molecule has 146 valence electrons. The molecule has 0 aromatic heterocycles. The van der Waals surface area contributed by atoms with Crippen LogP contribution in [0, 0.1) is 0 Å². The standard InChI is InChI=1S/C16H31NO6SSi/c1-9-10-21-14(18)17-12-13(22-25(7,8)15(2,3)4)11-16(17,5)23-24(6,19)20/h9,13H,1,10-12H2,2-8H3/t13-,16+/m1/s1. The Hall–Kier alpha value is -0.903. The van der Waals surface area contributed by atoms with E-state index >= 15 is 0 Å². The first-order valence-corrected chi connectivity index (χ1v) is 13.0. The van der Waals surface area contributed by atoms with Gasteiger partial charge in [0.05, 0.1) is 18.9 Å². The Balaban J connectivity index is 3.05. The van der Waals surface area contributed by atoms with E-state index in [0.717, 1.165) is 6.26 Å². The van der Waals surface area contributed by atoms with Gasteiger partial charge >= 0.3 is 6.09 Å². The van der Waals surface area contributed by atoms with E-state index in [1.807, 2.05) is 0 Å². The molecule has 2 atom stereocenters. The predicted octanol–water partition coefficient (Wildman–Crippen LogP) is 3.10. The molecule has 1 aliphatic heterocycles. The minimum atomic E-state index is -3.76. The molecule has 0 aromatic rings. The van der Waals surface area contributed by atoms with Crippen LogP contribution in [0.25, 0.3) is 0 Å². The molecule has 1 rings (SSSR count). The highest BCUT2D eigenvalue weighted by atomic mass is 32.2.